The summed E-state index contributed by atoms with van der Waals surface area (Å²) in [6.07, 6.45) is 2.20. The lowest BCUT2D eigenvalue weighted by atomic mass is 9.78. The highest BCUT2D eigenvalue weighted by Gasteiger charge is 2.34. The highest BCUT2D eigenvalue weighted by molar-refractivity contribution is 5.74. The fraction of sp³-hybridized carbons (Fsp3) is 0.381. The minimum absolute atomic E-state index is 0.237. The second kappa shape index (κ2) is 8.11. The normalized spacial score (nSPS) is 14.8. The van der Waals surface area contributed by atoms with E-state index in [1.54, 1.807) is 6.92 Å². The number of carboxylic acid groups (broad SMARTS) is 1. The summed E-state index contributed by atoms with van der Waals surface area (Å²) in [5.74, 6) is -0.691. The molecule has 2 aromatic rings. The molecule has 2 aromatic carbocycles. The molecule has 0 saturated carbocycles. The van der Waals surface area contributed by atoms with Crippen LogP contribution in [0.4, 0.5) is 0 Å². The zero-order valence-electron chi connectivity index (χ0n) is 14.4. The molecule has 128 valence electrons. The van der Waals surface area contributed by atoms with Crippen LogP contribution in [0.1, 0.15) is 32.3 Å². The summed E-state index contributed by atoms with van der Waals surface area (Å²) in [7, 11) is 0. The van der Waals surface area contributed by atoms with E-state index in [0.717, 1.165) is 12.8 Å². The Hall–Kier alpha value is -2.13. The molecule has 2 atom stereocenters. The molecule has 0 unspecified atom stereocenters. The Morgan fingerprint density at radius 1 is 1.04 bits per heavy atom. The molecule has 0 saturated heterocycles. The quantitative estimate of drug-likeness (QED) is 0.756. The van der Waals surface area contributed by atoms with Gasteiger partial charge in [0, 0.05) is 0 Å². The largest absolute Gasteiger partial charge is 0.481 e. The molecule has 0 aromatic heterocycles. The topological polar surface area (TPSA) is 57.5 Å². The van der Waals surface area contributed by atoms with Crippen molar-refractivity contribution < 1.29 is 15.0 Å². The van der Waals surface area contributed by atoms with E-state index in [-0.39, 0.29) is 12.5 Å². The number of carbonyl (C=O) groups is 1. The van der Waals surface area contributed by atoms with Gasteiger partial charge in [-0.15, -0.1) is 0 Å². The molecule has 0 spiro atoms. The molecular formula is C21H26O3. The van der Waals surface area contributed by atoms with E-state index in [9.17, 15) is 15.0 Å². The lowest BCUT2D eigenvalue weighted by Crippen LogP contribution is -2.34. The van der Waals surface area contributed by atoms with Gasteiger partial charge in [0.15, 0.2) is 0 Å². The maximum Gasteiger partial charge on any atom is 0.311 e. The minimum Gasteiger partial charge on any atom is -0.481 e. The predicted molar refractivity (Wildman–Crippen MR) is 96.8 cm³/mol. The second-order valence-electron chi connectivity index (χ2n) is 6.77. The van der Waals surface area contributed by atoms with Crippen molar-refractivity contribution in [1.82, 2.24) is 0 Å². The summed E-state index contributed by atoms with van der Waals surface area (Å²) in [5, 5.41) is 18.8. The number of hydrogen-bond acceptors (Lipinski definition) is 2. The van der Waals surface area contributed by atoms with E-state index in [4.69, 9.17) is 0 Å². The molecule has 24 heavy (non-hydrogen) atoms. The first-order valence-electron chi connectivity index (χ1n) is 8.47. The fourth-order valence-electron chi connectivity index (χ4n) is 3.01. The third-order valence-electron chi connectivity index (χ3n) is 4.77. The maximum atomic E-state index is 11.4. The van der Waals surface area contributed by atoms with Crippen LogP contribution < -0.4 is 0 Å². The van der Waals surface area contributed by atoms with E-state index in [1.807, 2.05) is 18.2 Å². The number of benzene rings is 2. The van der Waals surface area contributed by atoms with Crippen LogP contribution in [0.25, 0.3) is 11.1 Å². The molecule has 2 rings (SSSR count). The van der Waals surface area contributed by atoms with Gasteiger partial charge in [-0.2, -0.15) is 0 Å². The van der Waals surface area contributed by atoms with Crippen molar-refractivity contribution in [3.63, 3.8) is 0 Å². The zero-order chi connectivity index (χ0) is 17.6. The van der Waals surface area contributed by atoms with E-state index in [2.05, 4.69) is 43.3 Å². The highest BCUT2D eigenvalue weighted by atomic mass is 16.4. The standard InChI is InChI=1S/C21H26O3/c1-3-16(14-21(2,15-22)20(23)24)13-17-9-11-19(12-10-17)18-7-5-4-6-8-18/h4-12,16,22H,3,13-15H2,1-2H3,(H,23,24)/t16-,21+/m1/s1. The van der Waals surface area contributed by atoms with Gasteiger partial charge < -0.3 is 10.2 Å². The summed E-state index contributed by atoms with van der Waals surface area (Å²) in [4.78, 5) is 11.4. The van der Waals surface area contributed by atoms with Crippen LogP contribution in [0.15, 0.2) is 54.6 Å². The molecule has 0 aliphatic rings. The van der Waals surface area contributed by atoms with Gasteiger partial charge in [0.2, 0.25) is 0 Å². The first-order valence-corrected chi connectivity index (χ1v) is 8.47. The molecule has 0 amide bonds. The molecule has 0 bridgehead atoms. The molecular weight excluding hydrogens is 300 g/mol. The third kappa shape index (κ3) is 4.45. The summed E-state index contributed by atoms with van der Waals surface area (Å²) in [6, 6.07) is 18.7. The van der Waals surface area contributed by atoms with Gasteiger partial charge in [0.1, 0.15) is 0 Å². The Morgan fingerprint density at radius 3 is 2.12 bits per heavy atom. The monoisotopic (exact) mass is 326 g/mol. The zero-order valence-corrected chi connectivity index (χ0v) is 14.4. The predicted octanol–water partition coefficient (Wildman–Crippen LogP) is 4.40. The van der Waals surface area contributed by atoms with Crippen molar-refractivity contribution in [1.29, 1.82) is 0 Å². The number of rotatable bonds is 8. The fourth-order valence-corrected chi connectivity index (χ4v) is 3.01. The number of aliphatic carboxylic acids is 1. The van der Waals surface area contributed by atoms with Crippen LogP contribution in [0, 0.1) is 11.3 Å². The van der Waals surface area contributed by atoms with Crippen LogP contribution in [-0.2, 0) is 11.2 Å². The number of hydrogen-bond donors (Lipinski definition) is 2. The average molecular weight is 326 g/mol. The van der Waals surface area contributed by atoms with Crippen molar-refractivity contribution >= 4 is 5.97 Å². The first kappa shape index (κ1) is 18.2. The summed E-state index contributed by atoms with van der Waals surface area (Å²) in [6.45, 7) is 3.37. The van der Waals surface area contributed by atoms with Crippen molar-refractivity contribution in [3.8, 4) is 11.1 Å². The Balaban J connectivity index is 2.07. The Kier molecular flexibility index (Phi) is 6.16. The van der Waals surface area contributed by atoms with Gasteiger partial charge >= 0.3 is 5.97 Å². The van der Waals surface area contributed by atoms with Crippen LogP contribution >= 0.6 is 0 Å². The number of aliphatic hydroxyl groups is 1. The Bertz CT molecular complexity index is 649. The van der Waals surface area contributed by atoms with Gasteiger partial charge in [-0.3, -0.25) is 4.79 Å². The molecule has 3 nitrogen and oxygen atoms in total. The molecule has 2 N–H and O–H groups in total. The van der Waals surface area contributed by atoms with Crippen LogP contribution in [0.3, 0.4) is 0 Å². The molecule has 3 heteroatoms. The van der Waals surface area contributed by atoms with E-state index in [1.165, 1.54) is 16.7 Å². The number of carboxylic acids is 1. The van der Waals surface area contributed by atoms with E-state index < -0.39 is 11.4 Å². The summed E-state index contributed by atoms with van der Waals surface area (Å²) < 4.78 is 0. The molecule has 0 fully saturated rings. The van der Waals surface area contributed by atoms with Crippen molar-refractivity contribution in [2.24, 2.45) is 11.3 Å². The first-order chi connectivity index (χ1) is 11.5. The molecule has 0 aliphatic heterocycles. The van der Waals surface area contributed by atoms with E-state index in [0.29, 0.717) is 6.42 Å². The minimum atomic E-state index is -1.06. The smallest absolute Gasteiger partial charge is 0.311 e. The van der Waals surface area contributed by atoms with Crippen molar-refractivity contribution in [3.05, 3.63) is 60.2 Å². The Labute approximate surface area is 144 Å². The van der Waals surface area contributed by atoms with Crippen molar-refractivity contribution in [2.45, 2.75) is 33.1 Å². The van der Waals surface area contributed by atoms with Gasteiger partial charge in [-0.1, -0.05) is 67.9 Å². The Morgan fingerprint density at radius 2 is 1.62 bits per heavy atom. The molecule has 0 radical (unpaired) electrons. The highest BCUT2D eigenvalue weighted by Crippen LogP contribution is 2.30. The molecule has 0 heterocycles. The van der Waals surface area contributed by atoms with Gasteiger partial charge in [0.05, 0.1) is 12.0 Å². The number of aliphatic hydroxyl groups excluding tert-OH is 1. The van der Waals surface area contributed by atoms with Crippen LogP contribution in [0.2, 0.25) is 0 Å². The lowest BCUT2D eigenvalue weighted by Gasteiger charge is -2.27. The third-order valence-corrected chi connectivity index (χ3v) is 4.77. The summed E-state index contributed by atoms with van der Waals surface area (Å²) in [5.41, 5.74) is 2.50. The summed E-state index contributed by atoms with van der Waals surface area (Å²) >= 11 is 0. The van der Waals surface area contributed by atoms with Crippen LogP contribution in [-0.4, -0.2) is 22.8 Å². The van der Waals surface area contributed by atoms with Crippen LogP contribution in [0.5, 0.6) is 0 Å². The van der Waals surface area contributed by atoms with Crippen molar-refractivity contribution in [2.75, 3.05) is 6.61 Å². The van der Waals surface area contributed by atoms with Gasteiger partial charge in [-0.25, -0.2) is 0 Å². The maximum absolute atomic E-state index is 11.4. The average Bonchev–Trinajstić information content (AvgIpc) is 2.62. The van der Waals surface area contributed by atoms with Gasteiger partial charge in [0.25, 0.3) is 0 Å². The lowest BCUT2D eigenvalue weighted by molar-refractivity contribution is -0.151. The van der Waals surface area contributed by atoms with Gasteiger partial charge in [-0.05, 0) is 42.4 Å². The second-order valence-corrected chi connectivity index (χ2v) is 6.77. The molecule has 0 aliphatic carbocycles. The van der Waals surface area contributed by atoms with E-state index >= 15 is 0 Å². The SMILES string of the molecule is CC[C@H](Cc1ccc(-c2ccccc2)cc1)C[C@@](C)(CO)C(=O)O.